The molecule has 0 saturated carbocycles. The van der Waals surface area contributed by atoms with Crippen molar-refractivity contribution in [3.63, 3.8) is 0 Å². The Hall–Kier alpha value is -1.10. The van der Waals surface area contributed by atoms with Gasteiger partial charge < -0.3 is 15.0 Å². The first-order chi connectivity index (χ1) is 11.3. The summed E-state index contributed by atoms with van der Waals surface area (Å²) in [5, 5.41) is 3.43. The van der Waals surface area contributed by atoms with Gasteiger partial charge in [-0.2, -0.15) is 0 Å². The van der Waals surface area contributed by atoms with E-state index in [2.05, 4.69) is 41.4 Å². The van der Waals surface area contributed by atoms with E-state index in [1.54, 1.807) is 0 Å². The van der Waals surface area contributed by atoms with Crippen molar-refractivity contribution in [2.75, 3.05) is 26.2 Å². The number of hydrogen-bond donors (Lipinski definition) is 1. The van der Waals surface area contributed by atoms with E-state index in [1.165, 1.54) is 17.5 Å². The van der Waals surface area contributed by atoms with Crippen LogP contribution in [-0.2, 0) is 16.0 Å². The van der Waals surface area contributed by atoms with Gasteiger partial charge in [-0.3, -0.25) is 4.79 Å². The second-order valence-corrected chi connectivity index (χ2v) is 6.59. The highest BCUT2D eigenvalue weighted by Gasteiger charge is 2.29. The molecule has 0 aliphatic carbocycles. The van der Waals surface area contributed by atoms with Crippen LogP contribution in [0.3, 0.4) is 0 Å². The summed E-state index contributed by atoms with van der Waals surface area (Å²) in [4.78, 5) is 14.8. The van der Waals surface area contributed by atoms with Crippen LogP contribution in [0.1, 0.15) is 49.8 Å². The molecule has 2 aliphatic rings. The zero-order valence-corrected chi connectivity index (χ0v) is 15.3. The van der Waals surface area contributed by atoms with Crippen molar-refractivity contribution >= 4 is 18.3 Å². The van der Waals surface area contributed by atoms with Crippen LogP contribution in [0.5, 0.6) is 0 Å². The number of piperazine rings is 1. The molecule has 1 amide bonds. The monoisotopic (exact) mass is 352 g/mol. The summed E-state index contributed by atoms with van der Waals surface area (Å²) in [6.45, 7) is 5.47. The second kappa shape index (κ2) is 9.40. The van der Waals surface area contributed by atoms with Gasteiger partial charge in [-0.25, -0.2) is 0 Å². The smallest absolute Gasteiger partial charge is 0.225 e. The molecule has 2 atom stereocenters. The molecule has 1 aromatic carbocycles. The van der Waals surface area contributed by atoms with E-state index in [1.807, 2.05) is 0 Å². The minimum atomic E-state index is 0. The fourth-order valence-corrected chi connectivity index (χ4v) is 3.56. The van der Waals surface area contributed by atoms with Crippen molar-refractivity contribution in [3.8, 4) is 0 Å². The van der Waals surface area contributed by atoms with E-state index in [4.69, 9.17) is 4.74 Å². The number of carbonyl (C=O) groups excluding carboxylic acids is 1. The van der Waals surface area contributed by atoms with Gasteiger partial charge in [0, 0.05) is 26.2 Å². The number of nitrogens with zero attached hydrogens (tertiary/aromatic N) is 1. The molecule has 2 aliphatic heterocycles. The molecule has 2 unspecified atom stereocenters. The van der Waals surface area contributed by atoms with Crippen LogP contribution in [-0.4, -0.2) is 43.2 Å². The molecule has 2 saturated heterocycles. The lowest BCUT2D eigenvalue weighted by Crippen LogP contribution is -2.49. The van der Waals surface area contributed by atoms with E-state index in [0.717, 1.165) is 45.5 Å². The van der Waals surface area contributed by atoms with Crippen LogP contribution in [0, 0.1) is 0 Å². The van der Waals surface area contributed by atoms with Crippen molar-refractivity contribution in [1.29, 1.82) is 0 Å². The summed E-state index contributed by atoms with van der Waals surface area (Å²) in [5.41, 5.74) is 2.57. The van der Waals surface area contributed by atoms with Gasteiger partial charge >= 0.3 is 0 Å². The third-order valence-corrected chi connectivity index (χ3v) is 5.01. The Balaban J connectivity index is 0.00000208. The Kier molecular flexibility index (Phi) is 7.53. The minimum absolute atomic E-state index is 0. The number of amides is 1. The van der Waals surface area contributed by atoms with Gasteiger partial charge in [0.15, 0.2) is 0 Å². The van der Waals surface area contributed by atoms with Crippen molar-refractivity contribution in [3.05, 3.63) is 35.4 Å². The third-order valence-electron chi connectivity index (χ3n) is 5.01. The van der Waals surface area contributed by atoms with Crippen molar-refractivity contribution in [2.45, 2.75) is 51.2 Å². The fourth-order valence-electron chi connectivity index (χ4n) is 3.56. The number of halogens is 1. The quantitative estimate of drug-likeness (QED) is 0.905. The van der Waals surface area contributed by atoms with E-state index < -0.39 is 0 Å². The van der Waals surface area contributed by atoms with Gasteiger partial charge in [-0.05, 0) is 36.8 Å². The van der Waals surface area contributed by atoms with Crippen LogP contribution in [0.25, 0.3) is 0 Å². The second-order valence-electron chi connectivity index (χ2n) is 6.59. The average Bonchev–Trinajstić information content (AvgIpc) is 2.62. The first-order valence-corrected chi connectivity index (χ1v) is 8.98. The first-order valence-electron chi connectivity index (χ1n) is 8.98. The molecule has 0 bridgehead atoms. The molecule has 2 heterocycles. The molecular formula is C19H29ClN2O2. The first kappa shape index (κ1) is 19.2. The highest BCUT2D eigenvalue weighted by Crippen LogP contribution is 2.25. The lowest BCUT2D eigenvalue weighted by molar-refractivity contribution is -0.138. The molecule has 3 rings (SSSR count). The van der Waals surface area contributed by atoms with Crippen LogP contribution in [0.15, 0.2) is 24.3 Å². The summed E-state index contributed by atoms with van der Waals surface area (Å²) in [6.07, 6.45) is 5.03. The number of nitrogens with one attached hydrogen (secondary N) is 1. The zero-order chi connectivity index (χ0) is 16.1. The summed E-state index contributed by atoms with van der Waals surface area (Å²) < 4.78 is 5.75. The van der Waals surface area contributed by atoms with E-state index >= 15 is 0 Å². The Morgan fingerprint density at radius 3 is 2.75 bits per heavy atom. The van der Waals surface area contributed by atoms with Crippen LogP contribution in [0.4, 0.5) is 0 Å². The summed E-state index contributed by atoms with van der Waals surface area (Å²) >= 11 is 0. The van der Waals surface area contributed by atoms with Gasteiger partial charge in [0.05, 0.1) is 18.6 Å². The maximum Gasteiger partial charge on any atom is 0.225 e. The van der Waals surface area contributed by atoms with Crippen molar-refractivity contribution < 1.29 is 9.53 Å². The Morgan fingerprint density at radius 2 is 2.08 bits per heavy atom. The lowest BCUT2D eigenvalue weighted by Gasteiger charge is -2.37. The molecule has 1 aromatic rings. The lowest BCUT2D eigenvalue weighted by atomic mass is 9.99. The highest BCUT2D eigenvalue weighted by atomic mass is 35.5. The SMILES string of the molecule is CCc1ccc(C2CNCCN2C(=O)CC2CCCCO2)cc1.Cl. The zero-order valence-electron chi connectivity index (χ0n) is 14.5. The van der Waals surface area contributed by atoms with E-state index in [0.29, 0.717) is 6.42 Å². The van der Waals surface area contributed by atoms with Crippen molar-refractivity contribution in [2.24, 2.45) is 0 Å². The van der Waals surface area contributed by atoms with Gasteiger partial charge in [0.25, 0.3) is 0 Å². The largest absolute Gasteiger partial charge is 0.378 e. The summed E-state index contributed by atoms with van der Waals surface area (Å²) in [5.74, 6) is 0.239. The molecule has 0 radical (unpaired) electrons. The third kappa shape index (κ3) is 4.71. The molecule has 2 fully saturated rings. The number of hydrogen-bond acceptors (Lipinski definition) is 3. The predicted octanol–water partition coefficient (Wildman–Crippen LogP) is 3.10. The molecule has 24 heavy (non-hydrogen) atoms. The number of aryl methyl sites for hydroxylation is 1. The number of benzene rings is 1. The van der Waals surface area contributed by atoms with Gasteiger partial charge in [0.2, 0.25) is 5.91 Å². The number of ether oxygens (including phenoxy) is 1. The molecule has 0 aromatic heterocycles. The Labute approximate surface area is 151 Å². The normalized spacial score (nSPS) is 24.3. The van der Waals surface area contributed by atoms with Crippen LogP contribution < -0.4 is 5.32 Å². The molecule has 4 nitrogen and oxygen atoms in total. The molecule has 1 N–H and O–H groups in total. The summed E-state index contributed by atoms with van der Waals surface area (Å²) in [6, 6.07) is 8.85. The Bertz CT molecular complexity index is 515. The number of rotatable bonds is 4. The fraction of sp³-hybridized carbons (Fsp3) is 0.632. The maximum absolute atomic E-state index is 12.8. The highest BCUT2D eigenvalue weighted by molar-refractivity contribution is 5.85. The average molecular weight is 353 g/mol. The van der Waals surface area contributed by atoms with E-state index in [9.17, 15) is 4.79 Å². The maximum atomic E-state index is 12.8. The van der Waals surface area contributed by atoms with Crippen LogP contribution in [0.2, 0.25) is 0 Å². The van der Waals surface area contributed by atoms with Gasteiger partial charge in [0.1, 0.15) is 0 Å². The van der Waals surface area contributed by atoms with Crippen molar-refractivity contribution in [1.82, 2.24) is 10.2 Å². The van der Waals surface area contributed by atoms with Gasteiger partial charge in [-0.1, -0.05) is 31.2 Å². The predicted molar refractivity (Wildman–Crippen MR) is 98.6 cm³/mol. The minimum Gasteiger partial charge on any atom is -0.378 e. The molecule has 5 heteroatoms. The van der Waals surface area contributed by atoms with E-state index in [-0.39, 0.29) is 30.5 Å². The van der Waals surface area contributed by atoms with Gasteiger partial charge in [-0.15, -0.1) is 12.4 Å². The molecular weight excluding hydrogens is 324 g/mol. The Morgan fingerprint density at radius 1 is 1.29 bits per heavy atom. The number of carbonyl (C=O) groups is 1. The standard InChI is InChI=1S/C19H28N2O2.ClH/c1-2-15-6-8-16(9-7-15)18-14-20-10-11-21(18)19(22)13-17-5-3-4-12-23-17;/h6-9,17-18,20H,2-5,10-14H2,1H3;1H. The van der Waals surface area contributed by atoms with Crippen LogP contribution >= 0.6 is 12.4 Å². The summed E-state index contributed by atoms with van der Waals surface area (Å²) in [7, 11) is 0. The molecule has 134 valence electrons. The molecule has 0 spiro atoms. The topological polar surface area (TPSA) is 41.6 Å².